The maximum Gasteiger partial charge on any atom is 0.287 e. The van der Waals surface area contributed by atoms with Gasteiger partial charge >= 0.3 is 0 Å². The van der Waals surface area contributed by atoms with Gasteiger partial charge in [0.25, 0.3) is 11.8 Å². The Morgan fingerprint density at radius 3 is 2.38 bits per heavy atom. The largest absolute Gasteiger partial charge is 0.347 e. The maximum atomic E-state index is 12.8. The van der Waals surface area contributed by atoms with Crippen LogP contribution in [0.15, 0.2) is 42.6 Å². The minimum Gasteiger partial charge on any atom is -0.347 e. The molecule has 134 valence electrons. The highest BCUT2D eigenvalue weighted by molar-refractivity contribution is 6.09. The number of nitrogens with zero attached hydrogens (tertiary/aromatic N) is 2. The van der Waals surface area contributed by atoms with E-state index in [1.165, 1.54) is 0 Å². The van der Waals surface area contributed by atoms with Crippen LogP contribution in [0.4, 0.5) is 5.69 Å². The van der Waals surface area contributed by atoms with E-state index >= 15 is 0 Å². The van der Waals surface area contributed by atoms with Crippen LogP contribution in [0, 0.1) is 13.8 Å². The van der Waals surface area contributed by atoms with Crippen LogP contribution in [-0.2, 0) is 0 Å². The van der Waals surface area contributed by atoms with Crippen LogP contribution in [0.25, 0.3) is 5.52 Å². The average Bonchev–Trinajstić information content (AvgIpc) is 2.93. The number of amides is 2. The fraction of sp³-hybridized carbons (Fsp3) is 0.250. The van der Waals surface area contributed by atoms with Gasteiger partial charge in [-0.15, -0.1) is 0 Å². The van der Waals surface area contributed by atoms with Crippen LogP contribution in [-0.4, -0.2) is 27.2 Å². The molecule has 0 bridgehead atoms. The first-order valence-electron chi connectivity index (χ1n) is 8.52. The van der Waals surface area contributed by atoms with Gasteiger partial charge in [-0.1, -0.05) is 12.1 Å². The first kappa shape index (κ1) is 17.7. The second kappa shape index (κ2) is 7.00. The summed E-state index contributed by atoms with van der Waals surface area (Å²) in [4.78, 5) is 29.5. The van der Waals surface area contributed by atoms with Crippen LogP contribution in [0.3, 0.4) is 0 Å². The smallest absolute Gasteiger partial charge is 0.287 e. The van der Waals surface area contributed by atoms with E-state index in [1.807, 2.05) is 52.0 Å². The first-order valence-corrected chi connectivity index (χ1v) is 8.52. The summed E-state index contributed by atoms with van der Waals surface area (Å²) >= 11 is 0. The molecule has 1 aromatic carbocycles. The number of benzene rings is 1. The second-order valence-corrected chi connectivity index (χ2v) is 6.70. The fourth-order valence-corrected chi connectivity index (χ4v) is 2.93. The number of anilines is 1. The highest BCUT2D eigenvalue weighted by Crippen LogP contribution is 2.18. The fourth-order valence-electron chi connectivity index (χ4n) is 2.93. The quantitative estimate of drug-likeness (QED) is 0.758. The van der Waals surface area contributed by atoms with Crippen molar-refractivity contribution in [1.82, 2.24) is 14.7 Å². The molecule has 0 saturated heterocycles. The zero-order valence-corrected chi connectivity index (χ0v) is 15.3. The van der Waals surface area contributed by atoms with Crippen molar-refractivity contribution in [1.29, 1.82) is 0 Å². The summed E-state index contributed by atoms with van der Waals surface area (Å²) in [5.74, 6) is -0.464. The lowest BCUT2D eigenvalue weighted by Gasteiger charge is -2.06. The molecule has 0 radical (unpaired) electrons. The molecule has 0 saturated carbocycles. The van der Waals surface area contributed by atoms with Gasteiger partial charge in [0, 0.05) is 17.9 Å². The van der Waals surface area contributed by atoms with Crippen molar-refractivity contribution in [3.8, 4) is 0 Å². The molecule has 0 atom stereocenters. The molecule has 6 nitrogen and oxygen atoms in total. The van der Waals surface area contributed by atoms with Gasteiger partial charge in [0.1, 0.15) is 0 Å². The summed E-state index contributed by atoms with van der Waals surface area (Å²) in [5.41, 5.74) is 3.64. The summed E-state index contributed by atoms with van der Waals surface area (Å²) in [7, 11) is 0. The van der Waals surface area contributed by atoms with E-state index in [1.54, 1.807) is 22.7 Å². The van der Waals surface area contributed by atoms with Crippen molar-refractivity contribution in [3.63, 3.8) is 0 Å². The maximum absolute atomic E-state index is 12.8. The second-order valence-electron chi connectivity index (χ2n) is 6.70. The SMILES string of the molecule is Cc1cc(C)cc(NC(=O)c2nc(C(=O)NC(C)C)n3ccccc23)c1. The van der Waals surface area contributed by atoms with Crippen LogP contribution in [0.1, 0.15) is 46.1 Å². The van der Waals surface area contributed by atoms with E-state index in [9.17, 15) is 9.59 Å². The van der Waals surface area contributed by atoms with Gasteiger partial charge in [-0.05, 0) is 63.1 Å². The van der Waals surface area contributed by atoms with Gasteiger partial charge in [-0.3, -0.25) is 14.0 Å². The number of carbonyl (C=O) groups is 2. The van der Waals surface area contributed by atoms with Crippen molar-refractivity contribution in [3.05, 3.63) is 65.2 Å². The highest BCUT2D eigenvalue weighted by Gasteiger charge is 2.21. The van der Waals surface area contributed by atoms with Gasteiger partial charge < -0.3 is 10.6 Å². The third-order valence-electron chi connectivity index (χ3n) is 3.87. The third kappa shape index (κ3) is 3.59. The van der Waals surface area contributed by atoms with E-state index in [0.717, 1.165) is 11.1 Å². The summed E-state index contributed by atoms with van der Waals surface area (Å²) in [6, 6.07) is 11.2. The number of fused-ring (bicyclic) bond motifs is 1. The molecule has 0 fully saturated rings. The molecule has 0 aliphatic heterocycles. The lowest BCUT2D eigenvalue weighted by Crippen LogP contribution is -2.31. The first-order chi connectivity index (χ1) is 12.3. The molecule has 0 aliphatic rings. The highest BCUT2D eigenvalue weighted by atomic mass is 16.2. The molecule has 2 N–H and O–H groups in total. The predicted molar refractivity (Wildman–Crippen MR) is 102 cm³/mol. The molecule has 0 unspecified atom stereocenters. The minimum absolute atomic E-state index is 0.0221. The zero-order valence-electron chi connectivity index (χ0n) is 15.3. The Kier molecular flexibility index (Phi) is 4.75. The van der Waals surface area contributed by atoms with Crippen molar-refractivity contribution < 1.29 is 9.59 Å². The van der Waals surface area contributed by atoms with E-state index in [-0.39, 0.29) is 29.4 Å². The van der Waals surface area contributed by atoms with E-state index in [4.69, 9.17) is 0 Å². The minimum atomic E-state index is -0.345. The summed E-state index contributed by atoms with van der Waals surface area (Å²) in [6.07, 6.45) is 1.73. The lowest BCUT2D eigenvalue weighted by atomic mass is 10.1. The number of hydrogen-bond acceptors (Lipinski definition) is 3. The molecule has 0 spiro atoms. The van der Waals surface area contributed by atoms with Gasteiger partial charge in [-0.2, -0.15) is 0 Å². The number of carbonyl (C=O) groups excluding carboxylic acids is 2. The molecule has 26 heavy (non-hydrogen) atoms. The summed E-state index contributed by atoms with van der Waals surface area (Å²) in [6.45, 7) is 7.70. The van der Waals surface area contributed by atoms with Crippen molar-refractivity contribution in [2.24, 2.45) is 0 Å². The number of pyridine rings is 1. The van der Waals surface area contributed by atoms with E-state index in [0.29, 0.717) is 11.2 Å². The molecule has 3 aromatic rings. The zero-order chi connectivity index (χ0) is 18.8. The molecular weight excluding hydrogens is 328 g/mol. The molecule has 2 aromatic heterocycles. The van der Waals surface area contributed by atoms with E-state index in [2.05, 4.69) is 15.6 Å². The number of nitrogens with one attached hydrogen (secondary N) is 2. The van der Waals surface area contributed by atoms with Crippen molar-refractivity contribution in [2.45, 2.75) is 33.7 Å². The standard InChI is InChI=1S/C20H22N4O2/c1-12(2)21-20(26)18-23-17(16-7-5-6-8-24(16)18)19(25)22-15-10-13(3)9-14(4)11-15/h5-12H,1-4H3,(H,21,26)(H,22,25). The van der Waals surface area contributed by atoms with Crippen molar-refractivity contribution in [2.75, 3.05) is 5.32 Å². The van der Waals surface area contributed by atoms with Gasteiger partial charge in [0.05, 0.1) is 5.52 Å². The predicted octanol–water partition coefficient (Wildman–Crippen LogP) is 3.34. The monoisotopic (exact) mass is 350 g/mol. The lowest BCUT2D eigenvalue weighted by molar-refractivity contribution is 0.0932. The Morgan fingerprint density at radius 2 is 1.73 bits per heavy atom. The summed E-state index contributed by atoms with van der Waals surface area (Å²) in [5, 5.41) is 5.69. The van der Waals surface area contributed by atoms with Gasteiger partial charge in [-0.25, -0.2) is 4.98 Å². The van der Waals surface area contributed by atoms with Gasteiger partial charge in [0.15, 0.2) is 5.69 Å². The molecule has 0 aliphatic carbocycles. The summed E-state index contributed by atoms with van der Waals surface area (Å²) < 4.78 is 1.63. The molecular formula is C20H22N4O2. The normalized spacial score (nSPS) is 11.0. The number of rotatable bonds is 4. The third-order valence-corrected chi connectivity index (χ3v) is 3.87. The Labute approximate surface area is 152 Å². The van der Waals surface area contributed by atoms with Crippen molar-refractivity contribution >= 4 is 23.0 Å². The van der Waals surface area contributed by atoms with Crippen LogP contribution in [0.5, 0.6) is 0 Å². The van der Waals surface area contributed by atoms with Crippen LogP contribution in [0.2, 0.25) is 0 Å². The van der Waals surface area contributed by atoms with Gasteiger partial charge in [0.2, 0.25) is 5.82 Å². The number of aromatic nitrogens is 2. The Morgan fingerprint density at radius 1 is 1.04 bits per heavy atom. The van der Waals surface area contributed by atoms with Crippen LogP contribution >= 0.6 is 0 Å². The molecule has 2 amide bonds. The van der Waals surface area contributed by atoms with Crippen LogP contribution < -0.4 is 10.6 Å². The number of hydrogen-bond donors (Lipinski definition) is 2. The van der Waals surface area contributed by atoms with E-state index < -0.39 is 0 Å². The molecule has 6 heteroatoms. The number of aryl methyl sites for hydroxylation is 2. The number of imidazole rings is 1. The Hall–Kier alpha value is -3.15. The topological polar surface area (TPSA) is 75.5 Å². The Balaban J connectivity index is 1.99. The average molecular weight is 350 g/mol. The molecule has 3 rings (SSSR count). The molecule has 2 heterocycles. The Bertz CT molecular complexity index is 968.